The first-order valence-corrected chi connectivity index (χ1v) is 13.2. The number of nitrogens with one attached hydrogen (secondary N) is 1. The van der Waals surface area contributed by atoms with Crippen LogP contribution < -0.4 is 14.8 Å². The molecule has 0 spiro atoms. The number of amides is 1. The Morgan fingerprint density at radius 2 is 1.70 bits per heavy atom. The van der Waals surface area contributed by atoms with Gasteiger partial charge < -0.3 is 19.5 Å². The molecule has 9 nitrogen and oxygen atoms in total. The monoisotopic (exact) mass is 480 g/mol. The third-order valence-corrected chi connectivity index (χ3v) is 8.40. The molecule has 1 aromatic rings. The second-order valence-electron chi connectivity index (χ2n) is 8.91. The van der Waals surface area contributed by atoms with Crippen LogP contribution in [-0.4, -0.2) is 63.0 Å². The standard InChI is InChI=1S/C23H32N2O7S/c1-16(22(26)24-18-5-2-3-6-18)32-23(27)17-9-11-25(12-10-17)33(28,29)19-7-8-20-21(15-19)31-14-4-13-30-20/h7-8,15-18H,2-6,9-14H2,1H3,(H,24,26)/t16-/m1/s1. The first kappa shape index (κ1) is 23.8. The summed E-state index contributed by atoms with van der Waals surface area (Å²) in [6, 6.07) is 4.81. The molecule has 3 aliphatic rings. The van der Waals surface area contributed by atoms with Crippen molar-refractivity contribution in [2.24, 2.45) is 5.92 Å². The van der Waals surface area contributed by atoms with Crippen LogP contribution >= 0.6 is 0 Å². The number of hydrogen-bond acceptors (Lipinski definition) is 7. The maximum Gasteiger partial charge on any atom is 0.309 e. The normalized spacial score (nSPS) is 21.2. The quantitative estimate of drug-likeness (QED) is 0.622. The Labute approximate surface area is 194 Å². The molecule has 10 heteroatoms. The zero-order valence-electron chi connectivity index (χ0n) is 19.0. The van der Waals surface area contributed by atoms with Crippen LogP contribution in [0.25, 0.3) is 0 Å². The number of carbonyl (C=O) groups is 2. The molecular formula is C23H32N2O7S. The van der Waals surface area contributed by atoms with Crippen LogP contribution in [0.1, 0.15) is 51.9 Å². The number of sulfonamides is 1. The molecule has 33 heavy (non-hydrogen) atoms. The number of hydrogen-bond donors (Lipinski definition) is 1. The van der Waals surface area contributed by atoms with E-state index in [4.69, 9.17) is 14.2 Å². The number of carbonyl (C=O) groups excluding carboxylic acids is 2. The lowest BCUT2D eigenvalue weighted by atomic mass is 9.98. The van der Waals surface area contributed by atoms with E-state index in [-0.39, 0.29) is 29.9 Å². The van der Waals surface area contributed by atoms with Gasteiger partial charge in [-0.25, -0.2) is 8.42 Å². The van der Waals surface area contributed by atoms with E-state index in [9.17, 15) is 18.0 Å². The average molecular weight is 481 g/mol. The number of piperidine rings is 1. The summed E-state index contributed by atoms with van der Waals surface area (Å²) in [6.45, 7) is 2.99. The Morgan fingerprint density at radius 3 is 2.39 bits per heavy atom. The van der Waals surface area contributed by atoms with Crippen LogP contribution in [0.2, 0.25) is 0 Å². The first-order chi connectivity index (χ1) is 15.8. The molecule has 0 bridgehead atoms. The van der Waals surface area contributed by atoms with Gasteiger partial charge >= 0.3 is 5.97 Å². The van der Waals surface area contributed by atoms with E-state index in [0.717, 1.165) is 32.1 Å². The molecule has 1 atom stereocenters. The van der Waals surface area contributed by atoms with Crippen molar-refractivity contribution < 1.29 is 32.2 Å². The summed E-state index contributed by atoms with van der Waals surface area (Å²) < 4.78 is 44.2. The number of esters is 1. The van der Waals surface area contributed by atoms with E-state index in [1.54, 1.807) is 13.0 Å². The molecule has 2 heterocycles. The van der Waals surface area contributed by atoms with Crippen molar-refractivity contribution >= 4 is 21.9 Å². The SMILES string of the molecule is C[C@@H](OC(=O)C1CCN(S(=O)(=O)c2ccc3c(c2)OCCCO3)CC1)C(=O)NC1CCCC1. The van der Waals surface area contributed by atoms with Crippen LogP contribution in [0.3, 0.4) is 0 Å². The molecule has 1 aromatic carbocycles. The first-order valence-electron chi connectivity index (χ1n) is 11.8. The van der Waals surface area contributed by atoms with Gasteiger partial charge in [0.15, 0.2) is 17.6 Å². The van der Waals surface area contributed by atoms with Crippen LogP contribution in [0, 0.1) is 5.92 Å². The van der Waals surface area contributed by atoms with Crippen molar-refractivity contribution in [2.45, 2.75) is 68.9 Å². The number of nitrogens with zero attached hydrogens (tertiary/aromatic N) is 1. The summed E-state index contributed by atoms with van der Waals surface area (Å²) in [4.78, 5) is 25.0. The minimum absolute atomic E-state index is 0.144. The van der Waals surface area contributed by atoms with Crippen LogP contribution in [0.5, 0.6) is 11.5 Å². The topological polar surface area (TPSA) is 111 Å². The smallest absolute Gasteiger partial charge is 0.309 e. The van der Waals surface area contributed by atoms with Gasteiger partial charge in [-0.15, -0.1) is 0 Å². The van der Waals surface area contributed by atoms with E-state index in [0.29, 0.717) is 37.6 Å². The zero-order valence-corrected chi connectivity index (χ0v) is 19.8. The Balaban J connectivity index is 1.31. The van der Waals surface area contributed by atoms with Crippen molar-refractivity contribution in [3.05, 3.63) is 18.2 Å². The number of fused-ring (bicyclic) bond motifs is 1. The predicted octanol–water partition coefficient (Wildman–Crippen LogP) is 2.24. The van der Waals surface area contributed by atoms with Gasteiger partial charge in [0.2, 0.25) is 10.0 Å². The second-order valence-corrected chi connectivity index (χ2v) is 10.8. The Kier molecular flexibility index (Phi) is 7.43. The Bertz CT molecular complexity index is 967. The summed E-state index contributed by atoms with van der Waals surface area (Å²) in [5.41, 5.74) is 0. The van der Waals surface area contributed by atoms with Gasteiger partial charge in [0.25, 0.3) is 5.91 Å². The van der Waals surface area contributed by atoms with Gasteiger partial charge in [-0.2, -0.15) is 4.31 Å². The highest BCUT2D eigenvalue weighted by Gasteiger charge is 2.34. The van der Waals surface area contributed by atoms with Crippen molar-refractivity contribution in [1.29, 1.82) is 0 Å². The van der Waals surface area contributed by atoms with Crippen molar-refractivity contribution in [2.75, 3.05) is 26.3 Å². The lowest BCUT2D eigenvalue weighted by Crippen LogP contribution is -2.43. The van der Waals surface area contributed by atoms with E-state index in [1.807, 2.05) is 0 Å². The molecule has 182 valence electrons. The molecule has 0 aromatic heterocycles. The van der Waals surface area contributed by atoms with Crippen molar-refractivity contribution in [1.82, 2.24) is 9.62 Å². The van der Waals surface area contributed by atoms with E-state index < -0.39 is 28.0 Å². The summed E-state index contributed by atoms with van der Waals surface area (Å²) >= 11 is 0. The van der Waals surface area contributed by atoms with Gasteiger partial charge in [-0.05, 0) is 44.7 Å². The highest BCUT2D eigenvalue weighted by Crippen LogP contribution is 2.34. The van der Waals surface area contributed by atoms with Gasteiger partial charge in [-0.1, -0.05) is 12.8 Å². The van der Waals surface area contributed by atoms with E-state index >= 15 is 0 Å². The summed E-state index contributed by atoms with van der Waals surface area (Å²) in [5, 5.41) is 2.93. The Morgan fingerprint density at radius 1 is 1.03 bits per heavy atom. The second kappa shape index (κ2) is 10.3. The molecule has 1 aliphatic carbocycles. The van der Waals surface area contributed by atoms with Gasteiger partial charge in [0, 0.05) is 31.6 Å². The molecule has 2 fully saturated rings. The van der Waals surface area contributed by atoms with Gasteiger partial charge in [-0.3, -0.25) is 9.59 Å². The molecule has 4 rings (SSSR count). The fraction of sp³-hybridized carbons (Fsp3) is 0.652. The van der Waals surface area contributed by atoms with Crippen LogP contribution in [0.15, 0.2) is 23.1 Å². The molecule has 0 radical (unpaired) electrons. The van der Waals surface area contributed by atoms with E-state index in [1.165, 1.54) is 16.4 Å². The number of rotatable bonds is 6. The third kappa shape index (κ3) is 5.60. The highest BCUT2D eigenvalue weighted by atomic mass is 32.2. The molecule has 1 N–H and O–H groups in total. The van der Waals surface area contributed by atoms with Crippen molar-refractivity contribution in [3.63, 3.8) is 0 Å². The maximum absolute atomic E-state index is 13.1. The van der Waals surface area contributed by atoms with Gasteiger partial charge in [0.1, 0.15) is 0 Å². The highest BCUT2D eigenvalue weighted by molar-refractivity contribution is 7.89. The lowest BCUT2D eigenvalue weighted by molar-refractivity contribution is -0.160. The van der Waals surface area contributed by atoms with Crippen molar-refractivity contribution in [3.8, 4) is 11.5 Å². The average Bonchev–Trinajstić information content (AvgIpc) is 3.21. The lowest BCUT2D eigenvalue weighted by Gasteiger charge is -2.30. The molecule has 1 amide bonds. The molecule has 0 unspecified atom stereocenters. The number of ether oxygens (including phenoxy) is 3. The third-order valence-electron chi connectivity index (χ3n) is 6.51. The largest absolute Gasteiger partial charge is 0.490 e. The minimum atomic E-state index is -3.72. The molecule has 1 saturated carbocycles. The number of benzene rings is 1. The summed E-state index contributed by atoms with van der Waals surface area (Å²) in [7, 11) is -3.72. The summed E-state index contributed by atoms with van der Waals surface area (Å²) in [5.74, 6) is -0.181. The van der Waals surface area contributed by atoms with Crippen LogP contribution in [0.4, 0.5) is 0 Å². The van der Waals surface area contributed by atoms with Gasteiger partial charge in [0.05, 0.1) is 24.0 Å². The fourth-order valence-electron chi connectivity index (χ4n) is 4.50. The zero-order chi connectivity index (χ0) is 23.4. The fourth-order valence-corrected chi connectivity index (χ4v) is 5.98. The van der Waals surface area contributed by atoms with Crippen LogP contribution in [-0.2, 0) is 24.3 Å². The Hall–Kier alpha value is -2.33. The maximum atomic E-state index is 13.1. The molecule has 2 aliphatic heterocycles. The minimum Gasteiger partial charge on any atom is -0.490 e. The van der Waals surface area contributed by atoms with E-state index in [2.05, 4.69) is 5.32 Å². The predicted molar refractivity (Wildman–Crippen MR) is 119 cm³/mol. The molecule has 1 saturated heterocycles. The summed E-state index contributed by atoms with van der Waals surface area (Å²) in [6.07, 6.45) is 4.70. The molecular weight excluding hydrogens is 448 g/mol.